The van der Waals surface area contributed by atoms with E-state index in [1.54, 1.807) is 19.2 Å². The van der Waals surface area contributed by atoms with Crippen LogP contribution in [0.1, 0.15) is 11.4 Å². The summed E-state index contributed by atoms with van der Waals surface area (Å²) in [5.74, 6) is 0.714. The van der Waals surface area contributed by atoms with E-state index in [0.717, 1.165) is 12.1 Å². The van der Waals surface area contributed by atoms with E-state index in [1.807, 2.05) is 0 Å². The van der Waals surface area contributed by atoms with E-state index in [-0.39, 0.29) is 22.8 Å². The predicted molar refractivity (Wildman–Crippen MR) is 95.0 cm³/mol. The molecule has 2 aromatic heterocycles. The van der Waals surface area contributed by atoms with Gasteiger partial charge in [0.25, 0.3) is 5.69 Å². The normalized spacial score (nSPS) is 11.9. The van der Waals surface area contributed by atoms with Gasteiger partial charge >= 0.3 is 6.18 Å². The van der Waals surface area contributed by atoms with E-state index in [0.29, 0.717) is 16.9 Å². The average Bonchev–Trinajstić information content (AvgIpc) is 3.25. The van der Waals surface area contributed by atoms with Crippen LogP contribution in [0.4, 0.5) is 18.9 Å². The Morgan fingerprint density at radius 1 is 1.18 bits per heavy atom. The van der Waals surface area contributed by atoms with Crippen LogP contribution in [0.2, 0.25) is 0 Å². The Morgan fingerprint density at radius 2 is 1.96 bits per heavy atom. The number of nitro benzene ring substituents is 1. The van der Waals surface area contributed by atoms with Crippen LogP contribution in [0.5, 0.6) is 0 Å². The minimum atomic E-state index is -4.55. The number of halogens is 3. The summed E-state index contributed by atoms with van der Waals surface area (Å²) >= 11 is 0. The molecule has 0 unspecified atom stereocenters. The van der Waals surface area contributed by atoms with Gasteiger partial charge in [-0.1, -0.05) is 0 Å². The second-order valence-corrected chi connectivity index (χ2v) is 6.15. The van der Waals surface area contributed by atoms with E-state index in [2.05, 4.69) is 15.0 Å². The summed E-state index contributed by atoms with van der Waals surface area (Å²) in [4.78, 5) is 21.6. The molecule has 0 aliphatic heterocycles. The lowest BCUT2D eigenvalue weighted by Crippen LogP contribution is -2.07. The van der Waals surface area contributed by atoms with Crippen molar-refractivity contribution in [2.24, 2.45) is 0 Å². The van der Waals surface area contributed by atoms with E-state index in [4.69, 9.17) is 0 Å². The summed E-state index contributed by atoms with van der Waals surface area (Å²) in [6.07, 6.45) is -1.49. The highest BCUT2D eigenvalue weighted by atomic mass is 19.4. The molecule has 0 atom stereocenters. The molecule has 142 valence electrons. The van der Waals surface area contributed by atoms with Gasteiger partial charge in [-0.2, -0.15) is 13.2 Å². The number of non-ortho nitro benzene ring substituents is 1. The largest absolute Gasteiger partial charge is 0.416 e. The van der Waals surface area contributed by atoms with Gasteiger partial charge in [0.05, 0.1) is 21.5 Å². The highest BCUT2D eigenvalue weighted by Gasteiger charge is 2.32. The number of aromatic nitrogens is 4. The molecule has 0 bridgehead atoms. The molecular weight excluding hydrogens is 375 g/mol. The molecule has 2 aromatic carbocycles. The van der Waals surface area contributed by atoms with E-state index in [1.165, 1.54) is 29.0 Å². The lowest BCUT2D eigenvalue weighted by atomic mass is 10.1. The molecule has 7 nitrogen and oxygen atoms in total. The number of nitrogens with zero attached hydrogens (tertiary/aromatic N) is 4. The third-order valence-corrected chi connectivity index (χ3v) is 4.30. The Bertz CT molecular complexity index is 1210. The Hall–Kier alpha value is -3.69. The molecule has 0 radical (unpaired) electrons. The van der Waals surface area contributed by atoms with Crippen molar-refractivity contribution < 1.29 is 18.1 Å². The minimum absolute atomic E-state index is 0.138. The molecule has 4 aromatic rings. The lowest BCUT2D eigenvalue weighted by Gasteiger charge is -2.13. The molecule has 1 N–H and O–H groups in total. The van der Waals surface area contributed by atoms with Crippen LogP contribution in [0.25, 0.3) is 28.1 Å². The van der Waals surface area contributed by atoms with E-state index < -0.39 is 16.7 Å². The fourth-order valence-electron chi connectivity index (χ4n) is 2.95. The third kappa shape index (κ3) is 3.08. The van der Waals surface area contributed by atoms with Crippen molar-refractivity contribution in [3.8, 4) is 17.1 Å². The number of nitro groups is 1. The number of hydrogen-bond acceptors (Lipinski definition) is 4. The van der Waals surface area contributed by atoms with Crippen molar-refractivity contribution in [2.45, 2.75) is 13.1 Å². The molecule has 2 heterocycles. The smallest absolute Gasteiger partial charge is 0.338 e. The highest BCUT2D eigenvalue weighted by Crippen LogP contribution is 2.34. The number of rotatable bonds is 3. The molecule has 0 amide bonds. The van der Waals surface area contributed by atoms with Crippen LogP contribution in [0.3, 0.4) is 0 Å². The Balaban J connectivity index is 1.90. The molecule has 28 heavy (non-hydrogen) atoms. The monoisotopic (exact) mass is 387 g/mol. The van der Waals surface area contributed by atoms with Gasteiger partial charge in [0.1, 0.15) is 11.6 Å². The van der Waals surface area contributed by atoms with Gasteiger partial charge in [0.2, 0.25) is 0 Å². The molecule has 0 aliphatic carbocycles. The fraction of sp³-hybridized carbons (Fsp3) is 0.111. The summed E-state index contributed by atoms with van der Waals surface area (Å²) < 4.78 is 41.8. The number of aryl methyl sites for hydroxylation is 1. The van der Waals surface area contributed by atoms with Crippen LogP contribution in [0, 0.1) is 17.0 Å². The van der Waals surface area contributed by atoms with Gasteiger partial charge < -0.3 is 9.55 Å². The first-order valence-corrected chi connectivity index (χ1v) is 8.09. The zero-order valence-corrected chi connectivity index (χ0v) is 14.4. The molecule has 0 aliphatic rings. The Morgan fingerprint density at radius 3 is 2.61 bits per heavy atom. The summed E-state index contributed by atoms with van der Waals surface area (Å²) in [6.45, 7) is 1.68. The van der Waals surface area contributed by atoms with Crippen molar-refractivity contribution in [1.29, 1.82) is 0 Å². The number of hydrogen-bond donors (Lipinski definition) is 1. The fourth-order valence-corrected chi connectivity index (χ4v) is 2.95. The zero-order valence-electron chi connectivity index (χ0n) is 14.4. The van der Waals surface area contributed by atoms with Gasteiger partial charge in [-0.05, 0) is 31.2 Å². The lowest BCUT2D eigenvalue weighted by molar-refractivity contribution is -0.384. The second-order valence-electron chi connectivity index (χ2n) is 6.15. The average molecular weight is 387 g/mol. The van der Waals surface area contributed by atoms with E-state index >= 15 is 0 Å². The maximum atomic E-state index is 13.4. The van der Waals surface area contributed by atoms with E-state index in [9.17, 15) is 23.3 Å². The summed E-state index contributed by atoms with van der Waals surface area (Å²) in [5, 5.41) is 10.9. The van der Waals surface area contributed by atoms with Gasteiger partial charge in [-0.3, -0.25) is 10.1 Å². The Kier molecular flexibility index (Phi) is 3.91. The molecule has 0 saturated heterocycles. The minimum Gasteiger partial charge on any atom is -0.338 e. The van der Waals surface area contributed by atoms with Gasteiger partial charge in [-0.15, -0.1) is 0 Å². The maximum absolute atomic E-state index is 13.4. The van der Waals surface area contributed by atoms with Crippen LogP contribution in [-0.2, 0) is 6.18 Å². The predicted octanol–water partition coefficient (Wildman–Crippen LogP) is 4.65. The summed E-state index contributed by atoms with van der Waals surface area (Å²) in [6, 6.07) is 7.60. The SMILES string of the molecule is Cc1nccn1-c1cc(-c2nc3ccc([N+](=O)[O-])cc3[nH]2)cc(C(F)(F)F)c1. The number of fused-ring (bicyclic) bond motifs is 1. The summed E-state index contributed by atoms with van der Waals surface area (Å²) in [7, 11) is 0. The summed E-state index contributed by atoms with van der Waals surface area (Å²) in [5.41, 5.74) is 0.296. The highest BCUT2D eigenvalue weighted by molar-refractivity contribution is 5.81. The van der Waals surface area contributed by atoms with Crippen molar-refractivity contribution in [2.75, 3.05) is 0 Å². The van der Waals surface area contributed by atoms with Crippen molar-refractivity contribution >= 4 is 16.7 Å². The first-order valence-electron chi connectivity index (χ1n) is 8.09. The quantitative estimate of drug-likeness (QED) is 0.409. The third-order valence-electron chi connectivity index (χ3n) is 4.30. The zero-order chi connectivity index (χ0) is 20.1. The number of benzene rings is 2. The molecular formula is C18H12F3N5O2. The Labute approximate surface area is 155 Å². The van der Waals surface area contributed by atoms with Crippen LogP contribution >= 0.6 is 0 Å². The van der Waals surface area contributed by atoms with Crippen molar-refractivity contribution in [3.05, 3.63) is 70.3 Å². The molecule has 0 fully saturated rings. The molecule has 4 rings (SSSR count). The molecule has 10 heteroatoms. The number of imidazole rings is 2. The van der Waals surface area contributed by atoms with Crippen LogP contribution < -0.4 is 0 Å². The molecule has 0 spiro atoms. The van der Waals surface area contributed by atoms with Crippen LogP contribution in [-0.4, -0.2) is 24.4 Å². The number of alkyl halides is 3. The number of nitrogens with one attached hydrogen (secondary N) is 1. The van der Waals surface area contributed by atoms with Crippen molar-refractivity contribution in [1.82, 2.24) is 19.5 Å². The van der Waals surface area contributed by atoms with Crippen LogP contribution in [0.15, 0.2) is 48.8 Å². The standard InChI is InChI=1S/C18H12F3N5O2/c1-10-22-4-5-25(10)14-7-11(6-12(8-14)18(19,20)21)17-23-15-3-2-13(26(27)28)9-16(15)24-17/h2-9H,1H3,(H,23,24). The molecule has 0 saturated carbocycles. The number of H-pyrrole nitrogens is 1. The van der Waals surface area contributed by atoms with Gasteiger partial charge in [-0.25, -0.2) is 9.97 Å². The second kappa shape index (κ2) is 6.19. The van der Waals surface area contributed by atoms with Crippen molar-refractivity contribution in [3.63, 3.8) is 0 Å². The topological polar surface area (TPSA) is 89.6 Å². The van der Waals surface area contributed by atoms with Gasteiger partial charge in [0.15, 0.2) is 0 Å². The van der Waals surface area contributed by atoms with Gasteiger partial charge in [0, 0.05) is 35.8 Å². The first-order chi connectivity index (χ1) is 13.2. The maximum Gasteiger partial charge on any atom is 0.416 e. The first kappa shape index (κ1) is 17.7. The number of aromatic amines is 1.